The maximum atomic E-state index is 4.24. The molecule has 16 heavy (non-hydrogen) atoms. The molecular formula is C13H25N3. The van der Waals surface area contributed by atoms with Gasteiger partial charge in [0, 0.05) is 30.9 Å². The highest BCUT2D eigenvalue weighted by molar-refractivity contribution is 5.10. The Morgan fingerprint density at radius 1 is 1.31 bits per heavy atom. The molecule has 0 aliphatic rings. The van der Waals surface area contributed by atoms with Crippen molar-refractivity contribution >= 4 is 0 Å². The van der Waals surface area contributed by atoms with Crippen molar-refractivity contribution in [3.63, 3.8) is 0 Å². The number of aryl methyl sites for hydroxylation is 1. The first-order valence-corrected chi connectivity index (χ1v) is 6.45. The average molecular weight is 223 g/mol. The highest BCUT2D eigenvalue weighted by Crippen LogP contribution is 2.18. The smallest absolute Gasteiger partial charge is 0.0537 e. The molecule has 0 radical (unpaired) electrons. The van der Waals surface area contributed by atoms with Crippen LogP contribution in [0.1, 0.15) is 58.1 Å². The molecule has 0 saturated carbocycles. The molecule has 2 unspecified atom stereocenters. The van der Waals surface area contributed by atoms with Gasteiger partial charge in [0.25, 0.3) is 0 Å². The Morgan fingerprint density at radius 3 is 2.50 bits per heavy atom. The van der Waals surface area contributed by atoms with E-state index in [2.05, 4.69) is 37.4 Å². The van der Waals surface area contributed by atoms with Crippen LogP contribution < -0.4 is 5.32 Å². The van der Waals surface area contributed by atoms with Gasteiger partial charge in [0.05, 0.1) is 6.20 Å². The molecule has 1 aromatic heterocycles. The Balaban J connectivity index is 2.60. The third kappa shape index (κ3) is 3.63. The van der Waals surface area contributed by atoms with Gasteiger partial charge >= 0.3 is 0 Å². The molecule has 2 atom stereocenters. The van der Waals surface area contributed by atoms with Crippen LogP contribution in [-0.4, -0.2) is 15.8 Å². The molecule has 0 aliphatic heterocycles. The molecule has 3 heteroatoms. The van der Waals surface area contributed by atoms with E-state index >= 15 is 0 Å². The van der Waals surface area contributed by atoms with Gasteiger partial charge in [-0.25, -0.2) is 0 Å². The number of rotatable bonds is 7. The van der Waals surface area contributed by atoms with Crippen molar-refractivity contribution in [2.45, 2.75) is 58.5 Å². The number of hydrogen-bond acceptors (Lipinski definition) is 2. The fraction of sp³-hybridized carbons (Fsp3) is 0.769. The zero-order valence-corrected chi connectivity index (χ0v) is 11.0. The fourth-order valence-electron chi connectivity index (χ4n) is 2.11. The maximum absolute atomic E-state index is 4.24. The van der Waals surface area contributed by atoms with Crippen LogP contribution in [0.4, 0.5) is 0 Å². The summed E-state index contributed by atoms with van der Waals surface area (Å²) in [4.78, 5) is 0. The molecule has 1 rings (SSSR count). The largest absolute Gasteiger partial charge is 0.307 e. The first-order valence-electron chi connectivity index (χ1n) is 6.45. The molecule has 0 bridgehead atoms. The number of nitrogens with zero attached hydrogens (tertiary/aromatic N) is 2. The Labute approximate surface area is 99.2 Å². The van der Waals surface area contributed by atoms with Crippen LogP contribution in [0.15, 0.2) is 12.4 Å². The van der Waals surface area contributed by atoms with E-state index in [0.29, 0.717) is 12.1 Å². The summed E-state index contributed by atoms with van der Waals surface area (Å²) < 4.78 is 1.88. The van der Waals surface area contributed by atoms with E-state index in [9.17, 15) is 0 Å². The molecule has 0 aromatic carbocycles. The molecule has 1 heterocycles. The lowest BCUT2D eigenvalue weighted by Gasteiger charge is -2.23. The Morgan fingerprint density at radius 2 is 2.06 bits per heavy atom. The number of hydrogen-bond donors (Lipinski definition) is 1. The van der Waals surface area contributed by atoms with Gasteiger partial charge in [-0.05, 0) is 19.3 Å². The van der Waals surface area contributed by atoms with E-state index in [-0.39, 0.29) is 0 Å². The predicted octanol–water partition coefficient (Wildman–Crippen LogP) is 3.04. The highest BCUT2D eigenvalue weighted by atomic mass is 15.2. The SMILES string of the molecule is CCCC(CC)NC(CC)c1cnn(C)c1. The highest BCUT2D eigenvalue weighted by Gasteiger charge is 2.14. The standard InChI is InChI=1S/C13H25N3/c1-5-8-12(6-2)15-13(7-3)11-9-14-16(4)10-11/h9-10,12-13,15H,5-8H2,1-4H3. The van der Waals surface area contributed by atoms with Gasteiger partial charge in [0.2, 0.25) is 0 Å². The topological polar surface area (TPSA) is 29.9 Å². The minimum Gasteiger partial charge on any atom is -0.307 e. The third-order valence-corrected chi connectivity index (χ3v) is 3.10. The molecule has 0 spiro atoms. The van der Waals surface area contributed by atoms with Crippen LogP contribution in [0.2, 0.25) is 0 Å². The van der Waals surface area contributed by atoms with Gasteiger partial charge in [-0.1, -0.05) is 27.2 Å². The summed E-state index contributed by atoms with van der Waals surface area (Å²) in [6, 6.07) is 1.08. The zero-order chi connectivity index (χ0) is 12.0. The van der Waals surface area contributed by atoms with Crippen LogP contribution >= 0.6 is 0 Å². The van der Waals surface area contributed by atoms with Gasteiger partial charge in [-0.3, -0.25) is 4.68 Å². The first kappa shape index (κ1) is 13.2. The second-order valence-corrected chi connectivity index (χ2v) is 4.47. The minimum absolute atomic E-state index is 0.449. The minimum atomic E-state index is 0.449. The monoisotopic (exact) mass is 223 g/mol. The summed E-state index contributed by atoms with van der Waals surface area (Å²) in [6.45, 7) is 6.72. The molecule has 1 aromatic rings. The molecule has 3 nitrogen and oxygen atoms in total. The first-order chi connectivity index (χ1) is 7.71. The van der Waals surface area contributed by atoms with Crippen molar-refractivity contribution in [1.82, 2.24) is 15.1 Å². The van der Waals surface area contributed by atoms with E-state index in [0.717, 1.165) is 6.42 Å². The predicted molar refractivity (Wildman–Crippen MR) is 68.4 cm³/mol. The number of nitrogens with one attached hydrogen (secondary N) is 1. The average Bonchev–Trinajstić information content (AvgIpc) is 2.71. The lowest BCUT2D eigenvalue weighted by Crippen LogP contribution is -2.31. The molecule has 0 fully saturated rings. The second kappa shape index (κ2) is 6.69. The summed E-state index contributed by atoms with van der Waals surface area (Å²) in [6.07, 6.45) is 8.90. The summed E-state index contributed by atoms with van der Waals surface area (Å²) >= 11 is 0. The van der Waals surface area contributed by atoms with Crippen LogP contribution in [0.5, 0.6) is 0 Å². The molecule has 0 amide bonds. The molecule has 0 saturated heterocycles. The van der Waals surface area contributed by atoms with E-state index in [1.165, 1.54) is 24.8 Å². The Hall–Kier alpha value is -0.830. The van der Waals surface area contributed by atoms with E-state index < -0.39 is 0 Å². The Bertz CT molecular complexity index is 293. The van der Waals surface area contributed by atoms with Gasteiger partial charge in [-0.2, -0.15) is 5.10 Å². The van der Waals surface area contributed by atoms with E-state index in [1.54, 1.807) is 0 Å². The fourth-order valence-corrected chi connectivity index (χ4v) is 2.11. The van der Waals surface area contributed by atoms with Crippen molar-refractivity contribution in [2.24, 2.45) is 7.05 Å². The second-order valence-electron chi connectivity index (χ2n) is 4.47. The van der Waals surface area contributed by atoms with Crippen molar-refractivity contribution in [3.05, 3.63) is 18.0 Å². The normalized spacial score (nSPS) is 15.0. The molecule has 0 aliphatic carbocycles. The van der Waals surface area contributed by atoms with Crippen LogP contribution in [0.3, 0.4) is 0 Å². The lowest BCUT2D eigenvalue weighted by atomic mass is 10.0. The van der Waals surface area contributed by atoms with Crippen molar-refractivity contribution in [2.75, 3.05) is 0 Å². The van der Waals surface area contributed by atoms with Crippen molar-refractivity contribution in [3.8, 4) is 0 Å². The van der Waals surface area contributed by atoms with E-state index in [1.807, 2.05) is 17.9 Å². The van der Waals surface area contributed by atoms with Gasteiger partial charge < -0.3 is 5.32 Å². The van der Waals surface area contributed by atoms with Crippen LogP contribution in [0, 0.1) is 0 Å². The van der Waals surface area contributed by atoms with Crippen molar-refractivity contribution in [1.29, 1.82) is 0 Å². The molecule has 1 N–H and O–H groups in total. The lowest BCUT2D eigenvalue weighted by molar-refractivity contribution is 0.394. The quantitative estimate of drug-likeness (QED) is 0.770. The number of aromatic nitrogens is 2. The molecule has 92 valence electrons. The third-order valence-electron chi connectivity index (χ3n) is 3.10. The van der Waals surface area contributed by atoms with Crippen LogP contribution in [-0.2, 0) is 7.05 Å². The summed E-state index contributed by atoms with van der Waals surface area (Å²) in [7, 11) is 1.97. The van der Waals surface area contributed by atoms with E-state index in [4.69, 9.17) is 0 Å². The summed E-state index contributed by atoms with van der Waals surface area (Å²) in [5, 5.41) is 7.97. The maximum Gasteiger partial charge on any atom is 0.0537 e. The van der Waals surface area contributed by atoms with Crippen molar-refractivity contribution < 1.29 is 0 Å². The summed E-state index contributed by atoms with van der Waals surface area (Å²) in [5.74, 6) is 0. The van der Waals surface area contributed by atoms with Gasteiger partial charge in [0.1, 0.15) is 0 Å². The summed E-state index contributed by atoms with van der Waals surface area (Å²) in [5.41, 5.74) is 1.31. The van der Waals surface area contributed by atoms with Gasteiger partial charge in [0.15, 0.2) is 0 Å². The zero-order valence-electron chi connectivity index (χ0n) is 11.0. The van der Waals surface area contributed by atoms with Gasteiger partial charge in [-0.15, -0.1) is 0 Å². The van der Waals surface area contributed by atoms with Crippen LogP contribution in [0.25, 0.3) is 0 Å². The molecular weight excluding hydrogens is 198 g/mol. The Kier molecular flexibility index (Phi) is 5.53.